The zero-order valence-corrected chi connectivity index (χ0v) is 17.8. The lowest BCUT2D eigenvalue weighted by atomic mass is 10.0. The van der Waals surface area contributed by atoms with E-state index >= 15 is 0 Å². The molecule has 2 aromatic carbocycles. The molecule has 2 heterocycles. The first-order chi connectivity index (χ1) is 15.0. The first-order valence-electron chi connectivity index (χ1n) is 10.0. The van der Waals surface area contributed by atoms with Gasteiger partial charge in [0.15, 0.2) is 5.78 Å². The monoisotopic (exact) mass is 419 g/mol. The van der Waals surface area contributed by atoms with Crippen LogP contribution in [0.25, 0.3) is 27.8 Å². The molecule has 2 N–H and O–H groups in total. The predicted octanol–water partition coefficient (Wildman–Crippen LogP) is 3.36. The zero-order valence-electron chi connectivity index (χ0n) is 17.8. The minimum Gasteiger partial charge on any atom is -0.496 e. The lowest BCUT2D eigenvalue weighted by Gasteiger charge is -2.15. The predicted molar refractivity (Wildman–Crippen MR) is 119 cm³/mol. The average molecular weight is 419 g/mol. The van der Waals surface area contributed by atoms with Gasteiger partial charge < -0.3 is 15.2 Å². The van der Waals surface area contributed by atoms with Gasteiger partial charge in [-0.25, -0.2) is 4.98 Å². The number of fused-ring (bicyclic) bond motifs is 1. The van der Waals surface area contributed by atoms with Crippen LogP contribution in [-0.2, 0) is 7.05 Å². The molecule has 0 aliphatic heterocycles. The molecule has 160 valence electrons. The van der Waals surface area contributed by atoms with Gasteiger partial charge in [0.25, 0.3) is 0 Å². The van der Waals surface area contributed by atoms with E-state index in [9.17, 15) is 4.79 Å². The number of aryl methyl sites for hydroxylation is 1. The van der Waals surface area contributed by atoms with Crippen LogP contribution >= 0.6 is 0 Å². The van der Waals surface area contributed by atoms with Crippen molar-refractivity contribution in [2.45, 2.75) is 12.8 Å². The second-order valence-electron chi connectivity index (χ2n) is 7.26. The van der Waals surface area contributed by atoms with E-state index in [1.165, 1.54) is 0 Å². The number of rotatable bonds is 8. The van der Waals surface area contributed by atoms with Gasteiger partial charge in [0.1, 0.15) is 23.4 Å². The molecule has 0 aliphatic carbocycles. The average Bonchev–Trinajstić information content (AvgIpc) is 3.42. The van der Waals surface area contributed by atoms with Crippen LogP contribution < -0.4 is 15.2 Å². The molecule has 0 fully saturated rings. The molecular formula is C23H25N5O3. The number of ether oxygens (including phenoxy) is 2. The minimum absolute atomic E-state index is 0.0534. The van der Waals surface area contributed by atoms with Crippen LogP contribution in [0.3, 0.4) is 0 Å². The molecule has 8 nitrogen and oxygen atoms in total. The summed E-state index contributed by atoms with van der Waals surface area (Å²) in [6, 6.07) is 9.74. The summed E-state index contributed by atoms with van der Waals surface area (Å²) >= 11 is 0. The van der Waals surface area contributed by atoms with Crippen LogP contribution in [0.15, 0.2) is 49.1 Å². The summed E-state index contributed by atoms with van der Waals surface area (Å²) in [5.74, 6) is 0.873. The summed E-state index contributed by atoms with van der Waals surface area (Å²) in [7, 11) is 4.98. The van der Waals surface area contributed by atoms with Crippen molar-refractivity contribution in [2.24, 2.45) is 12.8 Å². The summed E-state index contributed by atoms with van der Waals surface area (Å²) in [5, 5.41) is 4.23. The highest BCUT2D eigenvalue weighted by molar-refractivity contribution is 6.02. The minimum atomic E-state index is -0.0534. The smallest absolute Gasteiger partial charge is 0.170 e. The maximum Gasteiger partial charge on any atom is 0.170 e. The Hall–Kier alpha value is -3.65. The molecule has 4 rings (SSSR count). The van der Waals surface area contributed by atoms with Crippen LogP contribution in [0.1, 0.15) is 23.2 Å². The van der Waals surface area contributed by atoms with Crippen LogP contribution in [0.4, 0.5) is 0 Å². The van der Waals surface area contributed by atoms with Crippen LogP contribution in [0.2, 0.25) is 0 Å². The summed E-state index contributed by atoms with van der Waals surface area (Å²) in [5.41, 5.74) is 10.6. The summed E-state index contributed by atoms with van der Waals surface area (Å²) in [6.45, 7) is 0.455. The van der Waals surface area contributed by atoms with E-state index in [1.54, 1.807) is 25.2 Å². The van der Waals surface area contributed by atoms with Gasteiger partial charge in [-0.1, -0.05) is 6.07 Å². The third kappa shape index (κ3) is 3.89. The van der Waals surface area contributed by atoms with Gasteiger partial charge >= 0.3 is 0 Å². The first kappa shape index (κ1) is 20.6. The van der Waals surface area contributed by atoms with Gasteiger partial charge in [0.2, 0.25) is 0 Å². The molecule has 0 saturated heterocycles. The van der Waals surface area contributed by atoms with Gasteiger partial charge in [0, 0.05) is 37.4 Å². The number of hydrogen-bond acceptors (Lipinski definition) is 6. The number of nitrogens with zero attached hydrogens (tertiary/aromatic N) is 4. The van der Waals surface area contributed by atoms with E-state index in [0.717, 1.165) is 27.8 Å². The molecule has 0 unspecified atom stereocenters. The standard InChI is InChI=1S/C23H25N5O3/c1-27-13-16(12-26-27)15-6-7-19-18(9-15)25-14-28(19)17-10-21(30-2)23(22(11-17)31-3)20(29)5-4-8-24/h6-7,9-14H,4-5,8,24H2,1-3H3. The fourth-order valence-electron chi connectivity index (χ4n) is 3.67. The summed E-state index contributed by atoms with van der Waals surface area (Å²) < 4.78 is 14.8. The van der Waals surface area contributed by atoms with E-state index in [2.05, 4.69) is 10.1 Å². The first-order valence-corrected chi connectivity index (χ1v) is 10.0. The number of carbonyl (C=O) groups is 1. The van der Waals surface area contributed by atoms with Gasteiger partial charge in [-0.2, -0.15) is 5.10 Å². The Morgan fingerprint density at radius 2 is 1.84 bits per heavy atom. The maximum atomic E-state index is 12.7. The lowest BCUT2D eigenvalue weighted by Crippen LogP contribution is -2.09. The number of aromatic nitrogens is 4. The van der Waals surface area contributed by atoms with E-state index in [0.29, 0.717) is 36.4 Å². The molecule has 8 heteroatoms. The van der Waals surface area contributed by atoms with Crippen LogP contribution in [0, 0.1) is 0 Å². The normalized spacial score (nSPS) is 11.1. The van der Waals surface area contributed by atoms with Gasteiger partial charge in [0.05, 0.1) is 37.1 Å². The number of methoxy groups -OCH3 is 2. The lowest BCUT2D eigenvalue weighted by molar-refractivity contribution is 0.0974. The van der Waals surface area contributed by atoms with Crippen molar-refractivity contribution in [1.29, 1.82) is 0 Å². The third-order valence-corrected chi connectivity index (χ3v) is 5.24. The van der Waals surface area contributed by atoms with Crippen LogP contribution in [0.5, 0.6) is 11.5 Å². The fourth-order valence-corrected chi connectivity index (χ4v) is 3.67. The highest BCUT2D eigenvalue weighted by Crippen LogP contribution is 2.35. The van der Waals surface area contributed by atoms with Gasteiger partial charge in [-0.05, 0) is 30.7 Å². The van der Waals surface area contributed by atoms with E-state index in [4.69, 9.17) is 15.2 Å². The molecule has 0 radical (unpaired) electrons. The molecule has 31 heavy (non-hydrogen) atoms. The molecule has 0 aliphatic rings. The van der Waals surface area contributed by atoms with E-state index < -0.39 is 0 Å². The number of carbonyl (C=O) groups excluding carboxylic acids is 1. The molecule has 0 atom stereocenters. The van der Waals surface area contributed by atoms with Crippen LogP contribution in [-0.4, -0.2) is 45.9 Å². The fraction of sp³-hybridized carbons (Fsp3) is 0.261. The van der Waals surface area contributed by atoms with Crippen molar-refractivity contribution in [3.05, 3.63) is 54.6 Å². The van der Waals surface area contributed by atoms with Crippen molar-refractivity contribution in [2.75, 3.05) is 20.8 Å². The number of nitrogens with two attached hydrogens (primary N) is 1. The Morgan fingerprint density at radius 3 is 2.45 bits per heavy atom. The van der Waals surface area contributed by atoms with Crippen molar-refractivity contribution in [3.63, 3.8) is 0 Å². The molecule has 0 spiro atoms. The summed E-state index contributed by atoms with van der Waals surface area (Å²) in [6.07, 6.45) is 6.50. The maximum absolute atomic E-state index is 12.7. The number of ketones is 1. The SMILES string of the molecule is COc1cc(-n2cnc3cc(-c4cnn(C)c4)ccc32)cc(OC)c1C(=O)CCCN. The largest absolute Gasteiger partial charge is 0.496 e. The molecule has 0 bridgehead atoms. The third-order valence-electron chi connectivity index (χ3n) is 5.24. The highest BCUT2D eigenvalue weighted by Gasteiger charge is 2.20. The van der Waals surface area contributed by atoms with Crippen molar-refractivity contribution in [3.8, 4) is 28.3 Å². The number of imidazole rings is 1. The van der Waals surface area contributed by atoms with Crippen molar-refractivity contribution >= 4 is 16.8 Å². The topological polar surface area (TPSA) is 97.2 Å². The zero-order chi connectivity index (χ0) is 22.0. The highest BCUT2D eigenvalue weighted by atomic mass is 16.5. The Morgan fingerprint density at radius 1 is 1.10 bits per heavy atom. The Balaban J connectivity index is 1.77. The quantitative estimate of drug-likeness (QED) is 0.440. The summed E-state index contributed by atoms with van der Waals surface area (Å²) in [4.78, 5) is 17.3. The van der Waals surface area contributed by atoms with Crippen molar-refractivity contribution in [1.82, 2.24) is 19.3 Å². The number of Topliss-reactive ketones (excluding diaryl/α,β-unsaturated/α-hetero) is 1. The number of benzene rings is 2. The molecule has 0 amide bonds. The second kappa shape index (κ2) is 8.61. The number of hydrogen-bond donors (Lipinski definition) is 1. The molecule has 4 aromatic rings. The van der Waals surface area contributed by atoms with Crippen molar-refractivity contribution < 1.29 is 14.3 Å². The molecule has 0 saturated carbocycles. The Kier molecular flexibility index (Phi) is 5.73. The Labute approximate surface area is 180 Å². The Bertz CT molecular complexity index is 1220. The van der Waals surface area contributed by atoms with E-state index in [-0.39, 0.29) is 5.78 Å². The van der Waals surface area contributed by atoms with E-state index in [1.807, 2.05) is 54.3 Å². The molecule has 2 aromatic heterocycles. The second-order valence-corrected chi connectivity index (χ2v) is 7.26. The molecular weight excluding hydrogens is 394 g/mol. The van der Waals surface area contributed by atoms with Gasteiger partial charge in [-0.3, -0.25) is 14.0 Å². The van der Waals surface area contributed by atoms with Gasteiger partial charge in [-0.15, -0.1) is 0 Å².